The van der Waals surface area contributed by atoms with E-state index in [1.807, 2.05) is 6.07 Å². The van der Waals surface area contributed by atoms with Gasteiger partial charge in [-0.2, -0.15) is 0 Å². The van der Waals surface area contributed by atoms with E-state index in [2.05, 4.69) is 4.74 Å². The van der Waals surface area contributed by atoms with Gasteiger partial charge in [0.15, 0.2) is 0 Å². The molecule has 0 saturated carbocycles. The second-order valence-corrected chi connectivity index (χ2v) is 3.81. The number of halogens is 2. The Hall–Kier alpha value is -2.07. The molecule has 0 fully saturated rings. The number of methoxy groups -OCH3 is 1. The van der Waals surface area contributed by atoms with Crippen molar-refractivity contribution in [2.75, 3.05) is 12.8 Å². The summed E-state index contributed by atoms with van der Waals surface area (Å²) in [5.41, 5.74) is 7.65. The maximum atomic E-state index is 13.7. The fourth-order valence-electron chi connectivity index (χ4n) is 1.69. The van der Waals surface area contributed by atoms with Gasteiger partial charge in [0.1, 0.15) is 5.82 Å². The van der Waals surface area contributed by atoms with Gasteiger partial charge in [0.05, 0.1) is 12.7 Å². The SMILES string of the molecule is COC(=O)c1ccc(-c2cccc(N)c2)cc1F.Cl. The van der Waals surface area contributed by atoms with Crippen molar-refractivity contribution in [3.05, 3.63) is 53.8 Å². The highest BCUT2D eigenvalue weighted by atomic mass is 35.5. The van der Waals surface area contributed by atoms with Gasteiger partial charge in [0, 0.05) is 5.69 Å². The number of nitrogen functional groups attached to an aromatic ring is 1. The third kappa shape index (κ3) is 3.23. The summed E-state index contributed by atoms with van der Waals surface area (Å²) in [6, 6.07) is 11.5. The lowest BCUT2D eigenvalue weighted by atomic mass is 10.0. The quantitative estimate of drug-likeness (QED) is 0.679. The molecule has 0 amide bonds. The van der Waals surface area contributed by atoms with Crippen molar-refractivity contribution in [2.45, 2.75) is 0 Å². The molecule has 0 unspecified atom stereocenters. The Morgan fingerprint density at radius 2 is 1.84 bits per heavy atom. The standard InChI is InChI=1S/C14H12FNO2.ClH/c1-18-14(17)12-6-5-10(8-13(12)15)9-3-2-4-11(16)7-9;/h2-8H,16H2,1H3;1H. The highest BCUT2D eigenvalue weighted by Crippen LogP contribution is 2.23. The van der Waals surface area contributed by atoms with Crippen LogP contribution in [0.2, 0.25) is 0 Å². The molecule has 0 bridgehead atoms. The van der Waals surface area contributed by atoms with Gasteiger partial charge in [-0.15, -0.1) is 12.4 Å². The van der Waals surface area contributed by atoms with E-state index >= 15 is 0 Å². The molecule has 2 aromatic carbocycles. The lowest BCUT2D eigenvalue weighted by Gasteiger charge is -2.06. The molecule has 5 heteroatoms. The van der Waals surface area contributed by atoms with E-state index in [4.69, 9.17) is 5.73 Å². The van der Waals surface area contributed by atoms with Gasteiger partial charge in [-0.3, -0.25) is 0 Å². The maximum Gasteiger partial charge on any atom is 0.340 e. The predicted octanol–water partition coefficient (Wildman–Crippen LogP) is 3.28. The average molecular weight is 282 g/mol. The van der Waals surface area contributed by atoms with E-state index < -0.39 is 11.8 Å². The van der Waals surface area contributed by atoms with E-state index in [0.29, 0.717) is 11.3 Å². The highest BCUT2D eigenvalue weighted by molar-refractivity contribution is 5.90. The predicted molar refractivity (Wildman–Crippen MR) is 74.8 cm³/mol. The number of carbonyl (C=O) groups is 1. The Morgan fingerprint density at radius 1 is 1.16 bits per heavy atom. The van der Waals surface area contributed by atoms with Crippen LogP contribution in [0, 0.1) is 5.82 Å². The van der Waals surface area contributed by atoms with E-state index in [-0.39, 0.29) is 18.0 Å². The van der Waals surface area contributed by atoms with Crippen molar-refractivity contribution in [1.82, 2.24) is 0 Å². The molecule has 100 valence electrons. The zero-order valence-corrected chi connectivity index (χ0v) is 11.0. The van der Waals surface area contributed by atoms with Crippen LogP contribution < -0.4 is 5.73 Å². The van der Waals surface area contributed by atoms with Crippen molar-refractivity contribution in [1.29, 1.82) is 0 Å². The number of anilines is 1. The topological polar surface area (TPSA) is 52.3 Å². The summed E-state index contributed by atoms with van der Waals surface area (Å²) in [5.74, 6) is -1.30. The minimum Gasteiger partial charge on any atom is -0.465 e. The number of hydrogen-bond acceptors (Lipinski definition) is 3. The molecule has 2 rings (SSSR count). The van der Waals surface area contributed by atoms with Crippen LogP contribution in [-0.2, 0) is 4.74 Å². The first-order valence-electron chi connectivity index (χ1n) is 5.35. The van der Waals surface area contributed by atoms with Gasteiger partial charge in [-0.05, 0) is 35.4 Å². The van der Waals surface area contributed by atoms with E-state index in [1.54, 1.807) is 24.3 Å². The van der Waals surface area contributed by atoms with Gasteiger partial charge in [0.25, 0.3) is 0 Å². The normalized spacial score (nSPS) is 9.58. The van der Waals surface area contributed by atoms with Gasteiger partial charge < -0.3 is 10.5 Å². The number of nitrogens with two attached hydrogens (primary N) is 1. The van der Waals surface area contributed by atoms with Gasteiger partial charge in [-0.1, -0.05) is 18.2 Å². The molecule has 0 aromatic heterocycles. The Morgan fingerprint density at radius 3 is 2.42 bits per heavy atom. The zero-order valence-electron chi connectivity index (χ0n) is 10.2. The van der Waals surface area contributed by atoms with Crippen LogP contribution in [-0.4, -0.2) is 13.1 Å². The largest absolute Gasteiger partial charge is 0.465 e. The molecule has 2 N–H and O–H groups in total. The van der Waals surface area contributed by atoms with E-state index in [1.165, 1.54) is 19.2 Å². The van der Waals surface area contributed by atoms with Crippen LogP contribution in [0.1, 0.15) is 10.4 Å². The Balaban J connectivity index is 0.00000180. The second kappa shape index (κ2) is 6.20. The summed E-state index contributed by atoms with van der Waals surface area (Å²) >= 11 is 0. The average Bonchev–Trinajstić information content (AvgIpc) is 2.37. The summed E-state index contributed by atoms with van der Waals surface area (Å²) in [7, 11) is 1.22. The summed E-state index contributed by atoms with van der Waals surface area (Å²) in [6.45, 7) is 0. The molecule has 3 nitrogen and oxygen atoms in total. The molecule has 0 aliphatic carbocycles. The van der Waals surface area contributed by atoms with Crippen LogP contribution in [0.5, 0.6) is 0 Å². The molecule has 0 spiro atoms. The fraction of sp³-hybridized carbons (Fsp3) is 0.0714. The van der Waals surface area contributed by atoms with Crippen LogP contribution in [0.15, 0.2) is 42.5 Å². The Labute approximate surface area is 116 Å². The second-order valence-electron chi connectivity index (χ2n) is 3.81. The third-order valence-electron chi connectivity index (χ3n) is 2.59. The summed E-state index contributed by atoms with van der Waals surface area (Å²) in [6.07, 6.45) is 0. The lowest BCUT2D eigenvalue weighted by molar-refractivity contribution is 0.0595. The highest BCUT2D eigenvalue weighted by Gasteiger charge is 2.12. The molecule has 0 aliphatic rings. The molecule has 0 radical (unpaired) electrons. The number of esters is 1. The molecule has 0 saturated heterocycles. The minimum absolute atomic E-state index is 0. The zero-order chi connectivity index (χ0) is 13.1. The monoisotopic (exact) mass is 281 g/mol. The van der Waals surface area contributed by atoms with Crippen LogP contribution in [0.4, 0.5) is 10.1 Å². The Bertz CT molecular complexity index is 602. The molecule has 0 aliphatic heterocycles. The third-order valence-corrected chi connectivity index (χ3v) is 2.59. The molecule has 0 atom stereocenters. The van der Waals surface area contributed by atoms with Crippen molar-refractivity contribution < 1.29 is 13.9 Å². The van der Waals surface area contributed by atoms with Crippen molar-refractivity contribution in [3.63, 3.8) is 0 Å². The molecule has 19 heavy (non-hydrogen) atoms. The van der Waals surface area contributed by atoms with Gasteiger partial charge in [0.2, 0.25) is 0 Å². The molecular weight excluding hydrogens is 269 g/mol. The number of carbonyl (C=O) groups excluding carboxylic acids is 1. The first kappa shape index (κ1) is 15.0. The lowest BCUT2D eigenvalue weighted by Crippen LogP contribution is -2.04. The molecule has 0 heterocycles. The minimum atomic E-state index is -0.688. The van der Waals surface area contributed by atoms with Crippen molar-refractivity contribution in [3.8, 4) is 11.1 Å². The van der Waals surface area contributed by atoms with Crippen LogP contribution in [0.25, 0.3) is 11.1 Å². The smallest absolute Gasteiger partial charge is 0.340 e. The number of benzene rings is 2. The van der Waals surface area contributed by atoms with Gasteiger partial charge >= 0.3 is 5.97 Å². The summed E-state index contributed by atoms with van der Waals surface area (Å²) < 4.78 is 18.2. The van der Waals surface area contributed by atoms with E-state index in [0.717, 1.165) is 5.56 Å². The van der Waals surface area contributed by atoms with Crippen LogP contribution >= 0.6 is 12.4 Å². The number of ether oxygens (including phenoxy) is 1. The molecule has 2 aromatic rings. The number of rotatable bonds is 2. The maximum absolute atomic E-state index is 13.7. The van der Waals surface area contributed by atoms with E-state index in [9.17, 15) is 9.18 Å². The van der Waals surface area contributed by atoms with Crippen molar-refractivity contribution in [2.24, 2.45) is 0 Å². The van der Waals surface area contributed by atoms with Gasteiger partial charge in [-0.25, -0.2) is 9.18 Å². The fourth-order valence-corrected chi connectivity index (χ4v) is 1.69. The number of hydrogen-bond donors (Lipinski definition) is 1. The van der Waals surface area contributed by atoms with Crippen LogP contribution in [0.3, 0.4) is 0 Å². The first-order chi connectivity index (χ1) is 8.61. The summed E-state index contributed by atoms with van der Waals surface area (Å²) in [5, 5.41) is 0. The molecular formula is C14H13ClFNO2. The Kier molecular flexibility index (Phi) is 4.89. The summed E-state index contributed by atoms with van der Waals surface area (Å²) in [4.78, 5) is 11.3. The van der Waals surface area contributed by atoms with Crippen molar-refractivity contribution >= 4 is 24.1 Å². The first-order valence-corrected chi connectivity index (χ1v) is 5.35.